The zero-order valence-corrected chi connectivity index (χ0v) is 44.5. The van der Waals surface area contributed by atoms with Gasteiger partial charge in [0.15, 0.2) is 6.10 Å². The Bertz CT molecular complexity index is 1620. The molecule has 0 aromatic rings. The lowest BCUT2D eigenvalue weighted by molar-refractivity contribution is -0.167. The summed E-state index contributed by atoms with van der Waals surface area (Å²) in [5.41, 5.74) is 0. The SMILES string of the molecule is CC\C=C/C=C\C=C/C=C\C=C\C=C/C=C\CCCCCC(=O)OCC(COC(=O)CCCCCCC/C=C\CCCCCCCCC)OC(=O)CCC/C=C\C/C=C\C/C=C\C/C=C\C/C=C\CC. The summed E-state index contributed by atoms with van der Waals surface area (Å²) in [6, 6.07) is 0. The fourth-order valence-electron chi connectivity index (χ4n) is 6.87. The van der Waals surface area contributed by atoms with Gasteiger partial charge in [-0.3, -0.25) is 14.4 Å². The standard InChI is InChI=1S/C64H98O6/c1-4-7-10-13-16-19-22-25-28-31-32-34-36-39-42-45-48-51-54-57-63(66)69-60-61(59-68-62(65)56-53-50-47-44-41-38-35-30-27-24-21-18-15-12-9-6-3)70-64(67)58-55-52-49-46-43-40-37-33-29-26-23-20-17-14-11-8-5-2/h7-8,10-11,13,16-17,19-20,22,25-26,28-32,34-37,39-40,42,46,49,61H,4-6,9,12,14-15,18,21,23-24,27,33,38,41,43-45,47-48,50-60H2,1-3H3/b10-7-,11-8-,16-13-,20-17-,22-19-,28-25-,29-26-,32-31+,35-30-,36-34-,40-37-,42-39-,49-46-. The molecule has 0 bridgehead atoms. The molecule has 0 heterocycles. The van der Waals surface area contributed by atoms with Gasteiger partial charge in [0.25, 0.3) is 0 Å². The van der Waals surface area contributed by atoms with Crippen LogP contribution in [0.5, 0.6) is 0 Å². The van der Waals surface area contributed by atoms with Gasteiger partial charge in [-0.2, -0.15) is 0 Å². The van der Waals surface area contributed by atoms with Crippen molar-refractivity contribution in [3.05, 3.63) is 158 Å². The maximum atomic E-state index is 12.8. The van der Waals surface area contributed by atoms with E-state index in [4.69, 9.17) is 14.2 Å². The Morgan fingerprint density at radius 1 is 0.314 bits per heavy atom. The van der Waals surface area contributed by atoms with Crippen molar-refractivity contribution in [3.8, 4) is 0 Å². The molecule has 0 rings (SSSR count). The third-order valence-corrected chi connectivity index (χ3v) is 10.9. The molecule has 390 valence electrons. The normalized spacial score (nSPS) is 13.4. The number of allylic oxidation sites excluding steroid dienone is 26. The van der Waals surface area contributed by atoms with E-state index in [0.29, 0.717) is 19.3 Å². The van der Waals surface area contributed by atoms with Gasteiger partial charge < -0.3 is 14.2 Å². The number of ether oxygens (including phenoxy) is 3. The second-order valence-electron chi connectivity index (χ2n) is 17.6. The van der Waals surface area contributed by atoms with Gasteiger partial charge in [-0.15, -0.1) is 0 Å². The summed E-state index contributed by atoms with van der Waals surface area (Å²) in [7, 11) is 0. The molecule has 0 aromatic carbocycles. The molecule has 0 fully saturated rings. The molecule has 0 amide bonds. The van der Waals surface area contributed by atoms with Crippen LogP contribution in [0.15, 0.2) is 158 Å². The van der Waals surface area contributed by atoms with Gasteiger partial charge in [0, 0.05) is 19.3 Å². The fraction of sp³-hybridized carbons (Fsp3) is 0.547. The van der Waals surface area contributed by atoms with Crippen LogP contribution < -0.4 is 0 Å². The summed E-state index contributed by atoms with van der Waals surface area (Å²) >= 11 is 0. The van der Waals surface area contributed by atoms with Gasteiger partial charge in [0.2, 0.25) is 0 Å². The van der Waals surface area contributed by atoms with Gasteiger partial charge in [0.05, 0.1) is 0 Å². The van der Waals surface area contributed by atoms with Crippen LogP contribution >= 0.6 is 0 Å². The second kappa shape index (κ2) is 56.6. The molecule has 6 heteroatoms. The van der Waals surface area contributed by atoms with Crippen LogP contribution in [0.1, 0.15) is 207 Å². The highest BCUT2D eigenvalue weighted by molar-refractivity contribution is 5.71. The molecule has 0 aromatic heterocycles. The fourth-order valence-corrected chi connectivity index (χ4v) is 6.87. The first kappa shape index (κ1) is 65.0. The molecule has 1 unspecified atom stereocenters. The van der Waals surface area contributed by atoms with E-state index >= 15 is 0 Å². The van der Waals surface area contributed by atoms with Crippen molar-refractivity contribution in [1.82, 2.24) is 0 Å². The highest BCUT2D eigenvalue weighted by Gasteiger charge is 2.19. The largest absolute Gasteiger partial charge is 0.462 e. The molecular weight excluding hydrogens is 865 g/mol. The van der Waals surface area contributed by atoms with Crippen LogP contribution in [0, 0.1) is 0 Å². The molecule has 0 N–H and O–H groups in total. The van der Waals surface area contributed by atoms with Gasteiger partial charge in [-0.05, 0) is 103 Å². The quantitative estimate of drug-likeness (QED) is 0.0199. The van der Waals surface area contributed by atoms with E-state index in [-0.39, 0.29) is 44.0 Å². The Morgan fingerprint density at radius 2 is 0.643 bits per heavy atom. The molecule has 1 atom stereocenters. The summed E-state index contributed by atoms with van der Waals surface area (Å²) in [5.74, 6) is -1.05. The summed E-state index contributed by atoms with van der Waals surface area (Å²) in [6.07, 6.45) is 82.3. The molecule has 0 aliphatic carbocycles. The average Bonchev–Trinajstić information content (AvgIpc) is 3.36. The number of esters is 3. The Balaban J connectivity index is 4.63. The smallest absolute Gasteiger partial charge is 0.306 e. The molecule has 6 nitrogen and oxygen atoms in total. The van der Waals surface area contributed by atoms with E-state index in [1.807, 2.05) is 72.9 Å². The Morgan fingerprint density at radius 3 is 1.11 bits per heavy atom. The van der Waals surface area contributed by atoms with E-state index < -0.39 is 6.10 Å². The second-order valence-corrected chi connectivity index (χ2v) is 17.6. The number of hydrogen-bond acceptors (Lipinski definition) is 6. The van der Waals surface area contributed by atoms with Crippen molar-refractivity contribution in [1.29, 1.82) is 0 Å². The van der Waals surface area contributed by atoms with E-state index in [1.54, 1.807) is 0 Å². The van der Waals surface area contributed by atoms with E-state index in [0.717, 1.165) is 96.3 Å². The van der Waals surface area contributed by atoms with Gasteiger partial charge in [-0.25, -0.2) is 0 Å². The average molecular weight is 963 g/mol. The van der Waals surface area contributed by atoms with Gasteiger partial charge in [0.1, 0.15) is 13.2 Å². The van der Waals surface area contributed by atoms with Crippen molar-refractivity contribution in [2.24, 2.45) is 0 Å². The highest BCUT2D eigenvalue weighted by Crippen LogP contribution is 2.12. The first-order valence-corrected chi connectivity index (χ1v) is 27.6. The Hall–Kier alpha value is -4.97. The molecule has 0 spiro atoms. The minimum absolute atomic E-state index is 0.127. The first-order valence-electron chi connectivity index (χ1n) is 27.6. The van der Waals surface area contributed by atoms with E-state index in [2.05, 4.69) is 106 Å². The zero-order valence-electron chi connectivity index (χ0n) is 44.5. The van der Waals surface area contributed by atoms with Gasteiger partial charge in [-0.1, -0.05) is 243 Å². The number of rotatable bonds is 47. The molecular formula is C64H98O6. The molecule has 0 aliphatic rings. The van der Waals surface area contributed by atoms with Crippen LogP contribution in [-0.2, 0) is 28.6 Å². The van der Waals surface area contributed by atoms with Crippen molar-refractivity contribution in [2.45, 2.75) is 213 Å². The lowest BCUT2D eigenvalue weighted by Crippen LogP contribution is -2.30. The van der Waals surface area contributed by atoms with Crippen molar-refractivity contribution >= 4 is 17.9 Å². The van der Waals surface area contributed by atoms with Crippen molar-refractivity contribution in [3.63, 3.8) is 0 Å². The third-order valence-electron chi connectivity index (χ3n) is 10.9. The number of carbonyl (C=O) groups is 3. The number of carbonyl (C=O) groups excluding carboxylic acids is 3. The lowest BCUT2D eigenvalue weighted by Gasteiger charge is -2.18. The van der Waals surface area contributed by atoms with Crippen LogP contribution in [-0.4, -0.2) is 37.2 Å². The molecule has 0 radical (unpaired) electrons. The Kier molecular flexibility index (Phi) is 52.6. The maximum Gasteiger partial charge on any atom is 0.306 e. The van der Waals surface area contributed by atoms with E-state index in [1.165, 1.54) is 57.8 Å². The minimum Gasteiger partial charge on any atom is -0.462 e. The predicted molar refractivity (Wildman–Crippen MR) is 302 cm³/mol. The lowest BCUT2D eigenvalue weighted by atomic mass is 10.1. The molecule has 0 saturated carbocycles. The van der Waals surface area contributed by atoms with Crippen molar-refractivity contribution < 1.29 is 28.6 Å². The summed E-state index contributed by atoms with van der Waals surface area (Å²) < 4.78 is 16.7. The topological polar surface area (TPSA) is 78.9 Å². The Labute approximate surface area is 429 Å². The minimum atomic E-state index is -0.839. The zero-order chi connectivity index (χ0) is 50.7. The molecule has 0 aliphatic heterocycles. The van der Waals surface area contributed by atoms with Gasteiger partial charge >= 0.3 is 17.9 Å². The number of unbranched alkanes of at least 4 members (excludes halogenated alkanes) is 16. The van der Waals surface area contributed by atoms with Crippen LogP contribution in [0.25, 0.3) is 0 Å². The molecule has 0 saturated heterocycles. The third kappa shape index (κ3) is 54.0. The predicted octanol–water partition coefficient (Wildman–Crippen LogP) is 18.6. The monoisotopic (exact) mass is 963 g/mol. The summed E-state index contributed by atoms with van der Waals surface area (Å²) in [5, 5.41) is 0. The highest BCUT2D eigenvalue weighted by atomic mass is 16.6. The summed E-state index contributed by atoms with van der Waals surface area (Å²) in [6.45, 7) is 6.26. The van der Waals surface area contributed by atoms with Crippen LogP contribution in [0.3, 0.4) is 0 Å². The summed E-state index contributed by atoms with van der Waals surface area (Å²) in [4.78, 5) is 38.1. The van der Waals surface area contributed by atoms with Crippen molar-refractivity contribution in [2.75, 3.05) is 13.2 Å². The van der Waals surface area contributed by atoms with Crippen LogP contribution in [0.4, 0.5) is 0 Å². The maximum absolute atomic E-state index is 12.8. The molecule has 70 heavy (non-hydrogen) atoms. The first-order chi connectivity index (χ1) is 34.5. The van der Waals surface area contributed by atoms with E-state index in [9.17, 15) is 14.4 Å². The van der Waals surface area contributed by atoms with Crippen LogP contribution in [0.2, 0.25) is 0 Å². The number of hydrogen-bond donors (Lipinski definition) is 0.